The van der Waals surface area contributed by atoms with E-state index in [1.165, 1.54) is 16.7 Å². The summed E-state index contributed by atoms with van der Waals surface area (Å²) in [7, 11) is 1.68. The molecule has 26 heavy (non-hydrogen) atoms. The largest absolute Gasteiger partial charge is 0.497 e. The van der Waals surface area contributed by atoms with Crippen LogP contribution in [0.15, 0.2) is 48.5 Å². The van der Waals surface area contributed by atoms with Crippen LogP contribution in [0.4, 0.5) is 0 Å². The fourth-order valence-electron chi connectivity index (χ4n) is 4.37. The van der Waals surface area contributed by atoms with Gasteiger partial charge >= 0.3 is 0 Å². The minimum atomic E-state index is 0.0587. The van der Waals surface area contributed by atoms with Crippen LogP contribution in [0, 0.1) is 5.92 Å². The van der Waals surface area contributed by atoms with Gasteiger partial charge in [-0.1, -0.05) is 36.4 Å². The van der Waals surface area contributed by atoms with Crippen molar-refractivity contribution < 1.29 is 9.53 Å². The molecule has 4 nitrogen and oxygen atoms in total. The van der Waals surface area contributed by atoms with Gasteiger partial charge in [-0.3, -0.25) is 4.79 Å². The first-order valence-corrected chi connectivity index (χ1v) is 9.42. The lowest BCUT2D eigenvalue weighted by molar-refractivity contribution is -0.139. The number of rotatable bonds is 3. The molecule has 2 aromatic rings. The van der Waals surface area contributed by atoms with Crippen LogP contribution in [0.2, 0.25) is 0 Å². The van der Waals surface area contributed by atoms with Crippen molar-refractivity contribution in [3.8, 4) is 5.75 Å². The molecule has 1 amide bonds. The molecule has 1 saturated carbocycles. The normalized spacial score (nSPS) is 25.0. The smallest absolute Gasteiger partial charge is 0.226 e. The predicted octanol–water partition coefficient (Wildman–Crippen LogP) is 3.45. The summed E-state index contributed by atoms with van der Waals surface area (Å²) in [6, 6.07) is 16.8. The molecule has 0 radical (unpaired) electrons. The zero-order valence-electron chi connectivity index (χ0n) is 15.2. The van der Waals surface area contributed by atoms with Crippen LogP contribution in [0.5, 0.6) is 5.75 Å². The summed E-state index contributed by atoms with van der Waals surface area (Å²) in [5.74, 6) is 1.15. The zero-order valence-corrected chi connectivity index (χ0v) is 15.2. The second-order valence-corrected chi connectivity index (χ2v) is 7.50. The van der Waals surface area contributed by atoms with E-state index in [0.717, 1.165) is 31.4 Å². The Morgan fingerprint density at radius 2 is 1.92 bits per heavy atom. The van der Waals surface area contributed by atoms with E-state index >= 15 is 0 Å². The average Bonchev–Trinajstić information content (AvgIpc) is 3.13. The molecule has 1 aliphatic heterocycles. The predicted molar refractivity (Wildman–Crippen MR) is 102 cm³/mol. The minimum Gasteiger partial charge on any atom is -0.497 e. The lowest BCUT2D eigenvalue weighted by Crippen LogP contribution is -2.42. The van der Waals surface area contributed by atoms with Crippen LogP contribution < -0.4 is 10.5 Å². The third-order valence-corrected chi connectivity index (χ3v) is 5.83. The highest BCUT2D eigenvalue weighted by Gasteiger charge is 2.37. The number of benzene rings is 2. The number of nitrogens with zero attached hydrogens (tertiary/aromatic N) is 1. The van der Waals surface area contributed by atoms with E-state index in [0.29, 0.717) is 6.54 Å². The molecular weight excluding hydrogens is 324 g/mol. The number of amides is 1. The average molecular weight is 350 g/mol. The Morgan fingerprint density at radius 3 is 2.62 bits per heavy atom. The van der Waals surface area contributed by atoms with Crippen LogP contribution in [0.3, 0.4) is 0 Å². The van der Waals surface area contributed by atoms with Gasteiger partial charge in [0.05, 0.1) is 13.2 Å². The van der Waals surface area contributed by atoms with Crippen LogP contribution in [-0.4, -0.2) is 24.0 Å². The van der Waals surface area contributed by atoms with Crippen LogP contribution >= 0.6 is 0 Å². The van der Waals surface area contributed by atoms with E-state index in [-0.39, 0.29) is 23.9 Å². The van der Waals surface area contributed by atoms with Crippen molar-refractivity contribution in [2.24, 2.45) is 11.7 Å². The Labute approximate surface area is 155 Å². The van der Waals surface area contributed by atoms with Crippen molar-refractivity contribution in [3.05, 3.63) is 65.2 Å². The van der Waals surface area contributed by atoms with Crippen LogP contribution in [-0.2, 0) is 17.8 Å². The second kappa shape index (κ2) is 7.12. The molecule has 1 heterocycles. The lowest BCUT2D eigenvalue weighted by Gasteiger charge is -2.39. The molecular formula is C22H26N2O2. The van der Waals surface area contributed by atoms with Gasteiger partial charge in [-0.05, 0) is 54.5 Å². The molecule has 1 aliphatic carbocycles. The fourth-order valence-corrected chi connectivity index (χ4v) is 4.37. The van der Waals surface area contributed by atoms with Crippen LogP contribution in [0.1, 0.15) is 42.0 Å². The number of methoxy groups -OCH3 is 1. The van der Waals surface area contributed by atoms with E-state index in [1.807, 2.05) is 24.3 Å². The topological polar surface area (TPSA) is 55.6 Å². The number of hydrogen-bond acceptors (Lipinski definition) is 3. The number of ether oxygens (including phenoxy) is 1. The summed E-state index contributed by atoms with van der Waals surface area (Å²) in [6.45, 7) is 0.636. The van der Waals surface area contributed by atoms with Gasteiger partial charge < -0.3 is 15.4 Å². The van der Waals surface area contributed by atoms with Crippen molar-refractivity contribution in [1.82, 2.24) is 4.90 Å². The van der Waals surface area contributed by atoms with Gasteiger partial charge in [0.15, 0.2) is 0 Å². The Hall–Kier alpha value is -2.33. The highest BCUT2D eigenvalue weighted by atomic mass is 16.5. The number of carbonyl (C=O) groups excluding carboxylic acids is 1. The Kier molecular flexibility index (Phi) is 4.68. The third kappa shape index (κ3) is 3.21. The van der Waals surface area contributed by atoms with Gasteiger partial charge in [0.25, 0.3) is 0 Å². The van der Waals surface area contributed by atoms with E-state index in [9.17, 15) is 4.79 Å². The Bertz CT molecular complexity index is 790. The lowest BCUT2D eigenvalue weighted by atomic mass is 9.88. The standard InChI is InChI=1S/C22H26N2O2/c1-26-20-10-8-16-13-21(15-5-3-2-4-6-15)24(14-18(16)12-20)22(25)17-7-9-19(23)11-17/h2-6,8,10,12,17,19,21H,7,9,11,13-14,23H2,1H3. The van der Waals surface area contributed by atoms with E-state index < -0.39 is 0 Å². The first kappa shape index (κ1) is 17.1. The SMILES string of the molecule is COc1ccc2c(c1)CN(C(=O)C1CCC(N)C1)C(c1ccccc1)C2. The maximum Gasteiger partial charge on any atom is 0.226 e. The van der Waals surface area contributed by atoms with Crippen molar-refractivity contribution in [2.45, 2.75) is 44.3 Å². The van der Waals surface area contributed by atoms with Crippen molar-refractivity contribution in [2.75, 3.05) is 7.11 Å². The number of fused-ring (bicyclic) bond motifs is 1. The summed E-state index contributed by atoms with van der Waals surface area (Å²) in [6.07, 6.45) is 3.50. The van der Waals surface area contributed by atoms with E-state index in [1.54, 1.807) is 7.11 Å². The highest BCUT2D eigenvalue weighted by Crippen LogP contribution is 2.37. The van der Waals surface area contributed by atoms with Crippen molar-refractivity contribution in [1.29, 1.82) is 0 Å². The third-order valence-electron chi connectivity index (χ3n) is 5.83. The second-order valence-electron chi connectivity index (χ2n) is 7.50. The Balaban J connectivity index is 1.68. The molecule has 136 valence electrons. The molecule has 0 spiro atoms. The molecule has 2 aromatic carbocycles. The van der Waals surface area contributed by atoms with E-state index in [4.69, 9.17) is 10.5 Å². The Morgan fingerprint density at radius 1 is 1.12 bits per heavy atom. The molecule has 3 unspecified atom stereocenters. The minimum absolute atomic E-state index is 0.0587. The summed E-state index contributed by atoms with van der Waals surface area (Å²) in [5, 5.41) is 0. The maximum absolute atomic E-state index is 13.3. The summed E-state index contributed by atoms with van der Waals surface area (Å²) in [4.78, 5) is 15.4. The molecule has 0 aromatic heterocycles. The van der Waals surface area contributed by atoms with Crippen molar-refractivity contribution >= 4 is 5.91 Å². The van der Waals surface area contributed by atoms with E-state index in [2.05, 4.69) is 29.2 Å². The molecule has 2 N–H and O–H groups in total. The number of hydrogen-bond donors (Lipinski definition) is 1. The molecule has 2 aliphatic rings. The van der Waals surface area contributed by atoms with Crippen LogP contribution in [0.25, 0.3) is 0 Å². The molecule has 1 fully saturated rings. The first-order chi connectivity index (χ1) is 12.7. The first-order valence-electron chi connectivity index (χ1n) is 9.42. The summed E-state index contributed by atoms with van der Waals surface area (Å²) < 4.78 is 5.38. The molecule has 3 atom stereocenters. The van der Waals surface area contributed by atoms with Gasteiger partial charge in [-0.2, -0.15) is 0 Å². The molecule has 4 rings (SSSR count). The molecule has 4 heteroatoms. The van der Waals surface area contributed by atoms with Crippen molar-refractivity contribution in [3.63, 3.8) is 0 Å². The van der Waals surface area contributed by atoms with Gasteiger partial charge in [-0.15, -0.1) is 0 Å². The number of carbonyl (C=O) groups is 1. The summed E-state index contributed by atoms with van der Waals surface area (Å²) in [5.41, 5.74) is 9.75. The van der Waals surface area contributed by atoms with Gasteiger partial charge in [-0.25, -0.2) is 0 Å². The quantitative estimate of drug-likeness (QED) is 0.922. The zero-order chi connectivity index (χ0) is 18.1. The highest BCUT2D eigenvalue weighted by molar-refractivity contribution is 5.80. The van der Waals surface area contributed by atoms with Gasteiger partial charge in [0, 0.05) is 18.5 Å². The maximum atomic E-state index is 13.3. The van der Waals surface area contributed by atoms with Gasteiger partial charge in [0.2, 0.25) is 5.91 Å². The summed E-state index contributed by atoms with van der Waals surface area (Å²) >= 11 is 0. The monoisotopic (exact) mass is 350 g/mol. The fraction of sp³-hybridized carbons (Fsp3) is 0.409. The number of nitrogens with two attached hydrogens (primary N) is 1. The molecule has 0 saturated heterocycles. The molecule has 0 bridgehead atoms. The van der Waals surface area contributed by atoms with Gasteiger partial charge in [0.1, 0.15) is 5.75 Å².